The molecule has 3 aromatic heterocycles. The van der Waals surface area contributed by atoms with Crippen LogP contribution in [0.4, 0.5) is 0 Å². The number of benzene rings is 1. The fraction of sp³-hybridized carbons (Fsp3) is 0.393. The summed E-state index contributed by atoms with van der Waals surface area (Å²) in [6.45, 7) is 6.67. The number of carboxylic acid groups (broad SMARTS) is 1. The molecule has 208 valence electrons. The predicted molar refractivity (Wildman–Crippen MR) is 145 cm³/mol. The normalized spacial score (nSPS) is 18.2. The van der Waals surface area contributed by atoms with E-state index in [1.807, 2.05) is 45.0 Å². The molecule has 1 fully saturated rings. The molecule has 0 unspecified atom stereocenters. The van der Waals surface area contributed by atoms with Crippen molar-refractivity contribution in [1.82, 2.24) is 29.3 Å². The van der Waals surface area contributed by atoms with Crippen LogP contribution in [0.25, 0.3) is 11.0 Å². The summed E-state index contributed by atoms with van der Waals surface area (Å²) in [4.78, 5) is 21.1. The standard InChI is InChI=1S/C28H30N6O5S/c1-4-34-23-10-8-19(18(3)26(23)31-32-34)20(14-25(35)36)21-9-7-17(2)22(30-21)15-33-16-28(11-12-28)39-27-24(40(33,37)38)6-5-13-29-27/h5-10,13,20H,4,11-12,14-16H2,1-3H3,(H,35,36)/t20-/m1/s1. The first-order chi connectivity index (χ1) is 19.1. The maximum absolute atomic E-state index is 13.7. The molecule has 1 saturated carbocycles. The lowest BCUT2D eigenvalue weighted by Crippen LogP contribution is -2.38. The monoisotopic (exact) mass is 562 g/mol. The van der Waals surface area contributed by atoms with E-state index in [1.54, 1.807) is 10.7 Å². The molecule has 12 heteroatoms. The summed E-state index contributed by atoms with van der Waals surface area (Å²) in [7, 11) is -3.91. The van der Waals surface area contributed by atoms with Crippen molar-refractivity contribution in [3.8, 4) is 5.88 Å². The van der Waals surface area contributed by atoms with Crippen molar-refractivity contribution in [2.45, 2.75) is 69.5 Å². The minimum Gasteiger partial charge on any atom is -0.481 e. The van der Waals surface area contributed by atoms with Gasteiger partial charge in [-0.1, -0.05) is 17.3 Å². The molecule has 4 heterocycles. The molecule has 0 amide bonds. The van der Waals surface area contributed by atoms with Crippen LogP contribution in [0.1, 0.15) is 60.2 Å². The molecular weight excluding hydrogens is 532 g/mol. The van der Waals surface area contributed by atoms with Gasteiger partial charge in [-0.3, -0.25) is 9.78 Å². The van der Waals surface area contributed by atoms with Crippen LogP contribution in [-0.2, 0) is 27.9 Å². The lowest BCUT2D eigenvalue weighted by Gasteiger charge is -2.24. The van der Waals surface area contributed by atoms with Crippen LogP contribution in [0.2, 0.25) is 0 Å². The van der Waals surface area contributed by atoms with Crippen LogP contribution in [0, 0.1) is 13.8 Å². The first kappa shape index (κ1) is 26.3. The van der Waals surface area contributed by atoms with Gasteiger partial charge in [0.25, 0.3) is 0 Å². The summed E-state index contributed by atoms with van der Waals surface area (Å²) in [5.41, 5.74) is 4.59. The average Bonchev–Trinajstić information content (AvgIpc) is 3.56. The highest BCUT2D eigenvalue weighted by atomic mass is 32.2. The zero-order valence-electron chi connectivity index (χ0n) is 22.5. The van der Waals surface area contributed by atoms with Crippen LogP contribution >= 0.6 is 0 Å². The number of pyridine rings is 2. The maximum Gasteiger partial charge on any atom is 0.304 e. The summed E-state index contributed by atoms with van der Waals surface area (Å²) >= 11 is 0. The van der Waals surface area contributed by atoms with Crippen molar-refractivity contribution in [3.05, 3.63) is 70.7 Å². The molecule has 1 aliphatic carbocycles. The van der Waals surface area contributed by atoms with Gasteiger partial charge in [-0.15, -0.1) is 5.10 Å². The Bertz CT molecular complexity index is 1750. The summed E-state index contributed by atoms with van der Waals surface area (Å²) in [5.74, 6) is -1.39. The Kier molecular flexibility index (Phi) is 6.34. The molecule has 6 rings (SSSR count). The van der Waals surface area contributed by atoms with Gasteiger partial charge in [0.1, 0.15) is 16.0 Å². The summed E-state index contributed by atoms with van der Waals surface area (Å²) in [6.07, 6.45) is 2.83. The number of carboxylic acids is 1. The quantitative estimate of drug-likeness (QED) is 0.358. The van der Waals surface area contributed by atoms with Crippen LogP contribution in [-0.4, -0.2) is 60.9 Å². The smallest absolute Gasteiger partial charge is 0.304 e. The van der Waals surface area contributed by atoms with Gasteiger partial charge in [0.2, 0.25) is 15.9 Å². The fourth-order valence-corrected chi connectivity index (χ4v) is 6.97. The first-order valence-electron chi connectivity index (χ1n) is 13.3. The fourth-order valence-electron chi connectivity index (χ4n) is 5.42. The number of carbonyl (C=O) groups is 1. The van der Waals surface area contributed by atoms with E-state index in [9.17, 15) is 18.3 Å². The number of hydrogen-bond donors (Lipinski definition) is 1. The van der Waals surface area contributed by atoms with Crippen molar-refractivity contribution < 1.29 is 23.1 Å². The molecule has 0 saturated heterocycles. The molecule has 40 heavy (non-hydrogen) atoms. The molecule has 1 N–H and O–H groups in total. The van der Waals surface area contributed by atoms with Crippen molar-refractivity contribution in [1.29, 1.82) is 0 Å². The van der Waals surface area contributed by atoms with Gasteiger partial charge in [0.15, 0.2) is 0 Å². The van der Waals surface area contributed by atoms with Crippen molar-refractivity contribution >= 4 is 27.0 Å². The third-order valence-electron chi connectivity index (χ3n) is 7.88. The number of aliphatic carboxylic acids is 1. The number of rotatable bonds is 7. The average molecular weight is 563 g/mol. The van der Waals surface area contributed by atoms with E-state index >= 15 is 0 Å². The highest BCUT2D eigenvalue weighted by molar-refractivity contribution is 7.89. The molecule has 1 aliphatic heterocycles. The molecule has 4 aromatic rings. The maximum atomic E-state index is 13.7. The first-order valence-corrected chi connectivity index (χ1v) is 14.7. The van der Waals surface area contributed by atoms with E-state index in [2.05, 4.69) is 15.3 Å². The third kappa shape index (κ3) is 4.50. The number of aryl methyl sites for hydroxylation is 3. The summed E-state index contributed by atoms with van der Waals surface area (Å²) in [5, 5.41) is 18.4. The van der Waals surface area contributed by atoms with Crippen LogP contribution in [0.15, 0.2) is 47.5 Å². The Morgan fingerprint density at radius 2 is 1.98 bits per heavy atom. The van der Waals surface area contributed by atoms with Crippen molar-refractivity contribution in [2.75, 3.05) is 6.54 Å². The number of hydrogen-bond acceptors (Lipinski definition) is 8. The molecule has 0 bridgehead atoms. The van der Waals surface area contributed by atoms with E-state index in [4.69, 9.17) is 9.72 Å². The van der Waals surface area contributed by atoms with Crippen molar-refractivity contribution in [3.63, 3.8) is 0 Å². The number of nitrogens with zero attached hydrogens (tertiary/aromatic N) is 6. The number of sulfonamides is 1. The summed E-state index contributed by atoms with van der Waals surface area (Å²) in [6, 6.07) is 10.6. The predicted octanol–water partition coefficient (Wildman–Crippen LogP) is 3.58. The van der Waals surface area contributed by atoms with Gasteiger partial charge in [-0.2, -0.15) is 4.31 Å². The molecular formula is C28H30N6O5S. The summed E-state index contributed by atoms with van der Waals surface area (Å²) < 4.78 is 36.7. The number of aromatic nitrogens is 5. The number of ether oxygens (including phenoxy) is 1. The van der Waals surface area contributed by atoms with Crippen LogP contribution < -0.4 is 4.74 Å². The zero-order valence-corrected chi connectivity index (χ0v) is 23.3. The van der Waals surface area contributed by atoms with Gasteiger partial charge in [-0.25, -0.2) is 18.1 Å². The molecule has 1 atom stereocenters. The minimum absolute atomic E-state index is 0.0318. The van der Waals surface area contributed by atoms with Crippen LogP contribution in [0.3, 0.4) is 0 Å². The second-order valence-electron chi connectivity index (χ2n) is 10.6. The third-order valence-corrected chi connectivity index (χ3v) is 9.69. The molecule has 2 aliphatic rings. The van der Waals surface area contributed by atoms with E-state index in [0.29, 0.717) is 17.9 Å². The number of fused-ring (bicyclic) bond motifs is 2. The molecule has 0 radical (unpaired) electrons. The van der Waals surface area contributed by atoms with Gasteiger partial charge in [0, 0.05) is 24.4 Å². The SMILES string of the molecule is CCn1nnc2c(C)c([C@@H](CC(=O)O)c3ccc(C)c(CN4CC5(CC5)Oc5ncccc5S4(=O)=O)n3)ccc21. The second kappa shape index (κ2) is 9.63. The van der Waals surface area contributed by atoms with E-state index in [1.165, 1.54) is 16.6 Å². The lowest BCUT2D eigenvalue weighted by atomic mass is 9.88. The van der Waals surface area contributed by atoms with E-state index in [-0.39, 0.29) is 30.3 Å². The Morgan fingerprint density at radius 1 is 1.18 bits per heavy atom. The topological polar surface area (TPSA) is 140 Å². The molecule has 1 aromatic carbocycles. The van der Waals surface area contributed by atoms with E-state index < -0.39 is 27.5 Å². The Balaban J connectivity index is 1.40. The van der Waals surface area contributed by atoms with Crippen LogP contribution in [0.5, 0.6) is 5.88 Å². The highest BCUT2D eigenvalue weighted by Gasteiger charge is 2.52. The van der Waals surface area contributed by atoms with E-state index in [0.717, 1.165) is 40.6 Å². The molecule has 1 spiro atoms. The van der Waals surface area contributed by atoms with Gasteiger partial charge < -0.3 is 9.84 Å². The highest BCUT2D eigenvalue weighted by Crippen LogP contribution is 2.46. The van der Waals surface area contributed by atoms with Gasteiger partial charge in [0.05, 0.1) is 30.7 Å². The Morgan fingerprint density at radius 3 is 2.70 bits per heavy atom. The van der Waals surface area contributed by atoms with Gasteiger partial charge >= 0.3 is 5.97 Å². The molecule has 11 nitrogen and oxygen atoms in total. The lowest BCUT2D eigenvalue weighted by molar-refractivity contribution is -0.137. The Labute approximate surface area is 231 Å². The Hall–Kier alpha value is -3.90. The van der Waals surface area contributed by atoms with Crippen molar-refractivity contribution in [2.24, 2.45) is 0 Å². The van der Waals surface area contributed by atoms with Gasteiger partial charge in [-0.05, 0) is 74.6 Å². The zero-order chi connectivity index (χ0) is 28.2. The minimum atomic E-state index is -3.91. The largest absolute Gasteiger partial charge is 0.481 e. The second-order valence-corrected chi connectivity index (χ2v) is 12.5.